The fourth-order valence-corrected chi connectivity index (χ4v) is 2.82. The number of hydrogen-bond donors (Lipinski definition) is 0. The Morgan fingerprint density at radius 1 is 1.36 bits per heavy atom. The van der Waals surface area contributed by atoms with Crippen molar-refractivity contribution < 1.29 is 0 Å². The van der Waals surface area contributed by atoms with Crippen LogP contribution in [0.3, 0.4) is 0 Å². The molecule has 14 heavy (non-hydrogen) atoms. The van der Waals surface area contributed by atoms with E-state index in [0.717, 1.165) is 12.6 Å². The molecule has 1 saturated heterocycles. The standard InChI is InChI=1S/C11H23IN2/c1-5-11(9-14(12)6-2)7-13(8-11)10(3)4/h10H,5-9H2,1-4H3. The molecule has 84 valence electrons. The molecule has 0 amide bonds. The molecule has 0 saturated carbocycles. The van der Waals surface area contributed by atoms with Crippen LogP contribution < -0.4 is 0 Å². The second-order valence-electron chi connectivity index (χ2n) is 4.79. The highest BCUT2D eigenvalue weighted by atomic mass is 127. The third kappa shape index (κ3) is 2.83. The van der Waals surface area contributed by atoms with Crippen molar-refractivity contribution in [1.29, 1.82) is 0 Å². The van der Waals surface area contributed by atoms with Crippen molar-refractivity contribution in [3.63, 3.8) is 0 Å². The van der Waals surface area contributed by atoms with E-state index in [1.54, 1.807) is 0 Å². The summed E-state index contributed by atoms with van der Waals surface area (Å²) in [6, 6.07) is 0.721. The van der Waals surface area contributed by atoms with Crippen LogP contribution in [0, 0.1) is 5.41 Å². The van der Waals surface area contributed by atoms with Crippen molar-refractivity contribution in [3.8, 4) is 0 Å². The number of hydrogen-bond acceptors (Lipinski definition) is 2. The highest BCUT2D eigenvalue weighted by Gasteiger charge is 2.42. The van der Waals surface area contributed by atoms with Crippen LogP contribution in [0.4, 0.5) is 0 Å². The zero-order valence-corrected chi connectivity index (χ0v) is 12.0. The summed E-state index contributed by atoms with van der Waals surface area (Å²) >= 11 is 2.45. The first-order chi connectivity index (χ1) is 6.53. The lowest BCUT2D eigenvalue weighted by Crippen LogP contribution is -2.61. The Bertz CT molecular complexity index is 176. The predicted octanol–water partition coefficient (Wildman–Crippen LogP) is 2.78. The van der Waals surface area contributed by atoms with Crippen molar-refractivity contribution >= 4 is 22.9 Å². The summed E-state index contributed by atoms with van der Waals surface area (Å²) in [5, 5.41) is 0. The molecule has 0 radical (unpaired) electrons. The van der Waals surface area contributed by atoms with Gasteiger partial charge in [-0.1, -0.05) is 13.8 Å². The molecule has 0 spiro atoms. The maximum atomic E-state index is 2.57. The number of halogens is 1. The van der Waals surface area contributed by atoms with Crippen molar-refractivity contribution in [3.05, 3.63) is 0 Å². The van der Waals surface area contributed by atoms with Crippen LogP contribution in [-0.4, -0.2) is 40.2 Å². The van der Waals surface area contributed by atoms with Gasteiger partial charge in [0.25, 0.3) is 0 Å². The van der Waals surface area contributed by atoms with Crippen LogP contribution in [-0.2, 0) is 0 Å². The second kappa shape index (κ2) is 5.12. The van der Waals surface area contributed by atoms with Crippen molar-refractivity contribution in [1.82, 2.24) is 8.01 Å². The lowest BCUT2D eigenvalue weighted by molar-refractivity contribution is -0.0314. The van der Waals surface area contributed by atoms with Crippen molar-refractivity contribution in [2.75, 3.05) is 26.2 Å². The first-order valence-corrected chi connectivity index (χ1v) is 6.64. The van der Waals surface area contributed by atoms with E-state index in [9.17, 15) is 0 Å². The van der Waals surface area contributed by atoms with Gasteiger partial charge in [-0.15, -0.1) is 0 Å². The molecule has 0 aromatic rings. The molecule has 0 aliphatic carbocycles. The highest BCUT2D eigenvalue weighted by Crippen LogP contribution is 2.36. The molecule has 0 aromatic carbocycles. The average Bonchev–Trinajstić information content (AvgIpc) is 2.09. The van der Waals surface area contributed by atoms with Crippen LogP contribution in [0.15, 0.2) is 0 Å². The molecule has 0 aromatic heterocycles. The molecule has 3 heteroatoms. The van der Waals surface area contributed by atoms with Gasteiger partial charge in [-0.3, -0.25) is 4.90 Å². The lowest BCUT2D eigenvalue weighted by atomic mass is 9.76. The Hall–Kier alpha value is 0.650. The molecule has 1 aliphatic heterocycles. The summed E-state index contributed by atoms with van der Waals surface area (Å²) in [4.78, 5) is 2.57. The zero-order chi connectivity index (χ0) is 10.8. The molecular formula is C11H23IN2. The van der Waals surface area contributed by atoms with Gasteiger partial charge >= 0.3 is 0 Å². The van der Waals surface area contributed by atoms with E-state index in [-0.39, 0.29) is 0 Å². The largest absolute Gasteiger partial charge is 0.300 e. The van der Waals surface area contributed by atoms with E-state index < -0.39 is 0 Å². The molecule has 1 rings (SSSR count). The molecule has 0 N–H and O–H groups in total. The van der Waals surface area contributed by atoms with E-state index in [1.165, 1.54) is 26.1 Å². The normalized spacial score (nSPS) is 21.6. The first kappa shape index (κ1) is 12.7. The maximum absolute atomic E-state index is 2.57. The van der Waals surface area contributed by atoms with E-state index >= 15 is 0 Å². The van der Waals surface area contributed by atoms with E-state index in [0.29, 0.717) is 5.41 Å². The van der Waals surface area contributed by atoms with Gasteiger partial charge in [0.05, 0.1) is 0 Å². The van der Waals surface area contributed by atoms with Gasteiger partial charge in [0.2, 0.25) is 0 Å². The number of rotatable bonds is 5. The summed E-state index contributed by atoms with van der Waals surface area (Å²) in [6.45, 7) is 14.1. The average molecular weight is 310 g/mol. The quantitative estimate of drug-likeness (QED) is 0.569. The second-order valence-corrected chi connectivity index (χ2v) is 6.15. The molecule has 0 bridgehead atoms. The minimum Gasteiger partial charge on any atom is -0.300 e. The molecule has 1 aliphatic rings. The van der Waals surface area contributed by atoms with Crippen molar-refractivity contribution in [2.45, 2.75) is 40.2 Å². The molecule has 0 unspecified atom stereocenters. The maximum Gasteiger partial charge on any atom is 0.0201 e. The number of likely N-dealkylation sites (tertiary alicyclic amines) is 1. The van der Waals surface area contributed by atoms with Gasteiger partial charge in [-0.25, -0.2) is 3.11 Å². The lowest BCUT2D eigenvalue weighted by Gasteiger charge is -2.53. The zero-order valence-electron chi connectivity index (χ0n) is 9.89. The molecule has 1 heterocycles. The minimum atomic E-state index is 0.585. The Morgan fingerprint density at radius 2 is 1.93 bits per heavy atom. The smallest absolute Gasteiger partial charge is 0.0201 e. The van der Waals surface area contributed by atoms with Crippen LogP contribution in [0.2, 0.25) is 0 Å². The molecule has 0 atom stereocenters. The fourth-order valence-electron chi connectivity index (χ4n) is 2.09. The SMILES string of the molecule is CCN(I)CC1(CC)CN(C(C)C)C1. The Kier molecular flexibility index (Phi) is 4.65. The Morgan fingerprint density at radius 3 is 2.29 bits per heavy atom. The molecule has 1 fully saturated rings. The third-order valence-corrected chi connectivity index (χ3v) is 4.43. The van der Waals surface area contributed by atoms with Gasteiger partial charge < -0.3 is 0 Å². The third-order valence-electron chi connectivity index (χ3n) is 3.41. The summed E-state index contributed by atoms with van der Waals surface area (Å²) < 4.78 is 2.42. The highest BCUT2D eigenvalue weighted by molar-refractivity contribution is 14.1. The van der Waals surface area contributed by atoms with Gasteiger partial charge in [-0.05, 0) is 20.3 Å². The van der Waals surface area contributed by atoms with Gasteiger partial charge in [0, 0.05) is 60.5 Å². The van der Waals surface area contributed by atoms with Gasteiger partial charge in [0.1, 0.15) is 0 Å². The van der Waals surface area contributed by atoms with Gasteiger partial charge in [0.15, 0.2) is 0 Å². The van der Waals surface area contributed by atoms with E-state index in [1.807, 2.05) is 0 Å². The first-order valence-electron chi connectivity index (χ1n) is 5.68. The van der Waals surface area contributed by atoms with Gasteiger partial charge in [-0.2, -0.15) is 0 Å². The van der Waals surface area contributed by atoms with E-state index in [2.05, 4.69) is 58.6 Å². The molecular weight excluding hydrogens is 287 g/mol. The summed E-state index contributed by atoms with van der Waals surface area (Å²) in [7, 11) is 0. The van der Waals surface area contributed by atoms with Crippen molar-refractivity contribution in [2.24, 2.45) is 5.41 Å². The number of nitrogens with zero attached hydrogens (tertiary/aromatic N) is 2. The topological polar surface area (TPSA) is 6.48 Å². The van der Waals surface area contributed by atoms with Crippen LogP contribution in [0.1, 0.15) is 34.1 Å². The summed E-state index contributed by atoms with van der Waals surface area (Å²) in [5.41, 5.74) is 0.585. The molecule has 2 nitrogen and oxygen atoms in total. The van der Waals surface area contributed by atoms with Crippen LogP contribution in [0.5, 0.6) is 0 Å². The van der Waals surface area contributed by atoms with Crippen LogP contribution >= 0.6 is 22.9 Å². The summed E-state index contributed by atoms with van der Waals surface area (Å²) in [6.07, 6.45) is 1.32. The summed E-state index contributed by atoms with van der Waals surface area (Å²) in [5.74, 6) is 0. The van der Waals surface area contributed by atoms with E-state index in [4.69, 9.17) is 0 Å². The fraction of sp³-hybridized carbons (Fsp3) is 1.00. The minimum absolute atomic E-state index is 0.585. The van der Waals surface area contributed by atoms with Crippen LogP contribution in [0.25, 0.3) is 0 Å². The Labute approximate surface area is 103 Å². The predicted molar refractivity (Wildman–Crippen MR) is 70.7 cm³/mol. The monoisotopic (exact) mass is 310 g/mol. The Balaban J connectivity index is 2.40.